The summed E-state index contributed by atoms with van der Waals surface area (Å²) in [4.78, 5) is 28.8. The molecule has 0 aromatic carbocycles. The minimum absolute atomic E-state index is 0.147. The Morgan fingerprint density at radius 1 is 1.19 bits per heavy atom. The Kier molecular flexibility index (Phi) is 3.70. The first-order valence-electron chi connectivity index (χ1n) is 4.15. The van der Waals surface area contributed by atoms with Gasteiger partial charge < -0.3 is 15.1 Å². The summed E-state index contributed by atoms with van der Waals surface area (Å²) < 4.78 is 12.5. The second-order valence-corrected chi connectivity index (χ2v) is 2.84. The summed E-state index contributed by atoms with van der Waals surface area (Å²) in [5, 5.41) is 17.1. The molecule has 0 saturated carbocycles. The molecule has 1 aromatic heterocycles. The van der Waals surface area contributed by atoms with Crippen LogP contribution in [0.3, 0.4) is 0 Å². The fourth-order valence-electron chi connectivity index (χ4n) is 0.993. The zero-order chi connectivity index (χ0) is 12.1. The van der Waals surface area contributed by atoms with Crippen molar-refractivity contribution in [3.05, 3.63) is 18.2 Å². The van der Waals surface area contributed by atoms with Crippen LogP contribution in [0.2, 0.25) is 0 Å². The fourth-order valence-corrected chi connectivity index (χ4v) is 0.993. The topological polar surface area (TPSA) is 104 Å². The molecule has 0 aliphatic rings. The van der Waals surface area contributed by atoms with Gasteiger partial charge in [-0.05, 0) is 0 Å². The molecule has 0 bridgehead atoms. The maximum atomic E-state index is 12.5. The van der Waals surface area contributed by atoms with Crippen molar-refractivity contribution in [2.24, 2.45) is 0 Å². The van der Waals surface area contributed by atoms with Gasteiger partial charge in [-0.25, -0.2) is 14.4 Å². The summed E-state index contributed by atoms with van der Waals surface area (Å²) in [6, 6.07) is 0. The highest BCUT2D eigenvalue weighted by atomic mass is 19.1. The quantitative estimate of drug-likeness (QED) is 0.707. The molecule has 7 nitrogen and oxygen atoms in total. The lowest BCUT2D eigenvalue weighted by atomic mass is 10.5. The van der Waals surface area contributed by atoms with E-state index in [2.05, 4.69) is 9.97 Å². The number of nitrogens with zero attached hydrogens (tertiary/aromatic N) is 3. The summed E-state index contributed by atoms with van der Waals surface area (Å²) in [6.45, 7) is -1.14. The third-order valence-corrected chi connectivity index (χ3v) is 1.54. The lowest BCUT2D eigenvalue weighted by molar-refractivity contribution is -0.136. The lowest BCUT2D eigenvalue weighted by Gasteiger charge is -2.17. The van der Waals surface area contributed by atoms with Gasteiger partial charge in [0, 0.05) is 0 Å². The second-order valence-electron chi connectivity index (χ2n) is 2.84. The maximum Gasteiger partial charge on any atom is 0.323 e. The highest BCUT2D eigenvalue weighted by Crippen LogP contribution is 2.05. The van der Waals surface area contributed by atoms with E-state index in [1.54, 1.807) is 0 Å². The highest BCUT2D eigenvalue weighted by Gasteiger charge is 2.16. The normalized spacial score (nSPS) is 9.81. The fraction of sp³-hybridized carbons (Fsp3) is 0.250. The van der Waals surface area contributed by atoms with Gasteiger partial charge in [-0.15, -0.1) is 0 Å². The number of aromatic nitrogens is 2. The third kappa shape index (κ3) is 3.48. The molecular formula is C8H8FN3O4. The minimum Gasteiger partial charge on any atom is -0.480 e. The third-order valence-electron chi connectivity index (χ3n) is 1.54. The molecule has 0 fully saturated rings. The predicted octanol–water partition coefficient (Wildman–Crippen LogP) is -0.409. The lowest BCUT2D eigenvalue weighted by Crippen LogP contribution is -2.35. The average Bonchev–Trinajstić information content (AvgIpc) is 2.16. The van der Waals surface area contributed by atoms with Crippen LogP contribution in [0.4, 0.5) is 10.3 Å². The summed E-state index contributed by atoms with van der Waals surface area (Å²) in [7, 11) is 0. The number of hydrogen-bond donors (Lipinski definition) is 2. The van der Waals surface area contributed by atoms with Crippen LogP contribution in [0.25, 0.3) is 0 Å². The van der Waals surface area contributed by atoms with Gasteiger partial charge >= 0.3 is 11.9 Å². The van der Waals surface area contributed by atoms with Crippen molar-refractivity contribution in [2.45, 2.75) is 0 Å². The number of carboxylic acids is 2. The summed E-state index contributed by atoms with van der Waals surface area (Å²) >= 11 is 0. The Morgan fingerprint density at radius 2 is 1.62 bits per heavy atom. The Balaban J connectivity index is 2.86. The van der Waals surface area contributed by atoms with Gasteiger partial charge in [0.15, 0.2) is 5.82 Å². The van der Waals surface area contributed by atoms with E-state index in [9.17, 15) is 14.0 Å². The largest absolute Gasteiger partial charge is 0.480 e. The summed E-state index contributed by atoms with van der Waals surface area (Å²) in [5.74, 6) is -3.29. The van der Waals surface area contributed by atoms with Crippen LogP contribution in [0.15, 0.2) is 12.4 Å². The molecule has 1 aromatic rings. The number of rotatable bonds is 5. The van der Waals surface area contributed by atoms with Gasteiger partial charge in [-0.2, -0.15) is 0 Å². The van der Waals surface area contributed by atoms with E-state index in [0.29, 0.717) is 0 Å². The SMILES string of the molecule is O=C(O)CN(CC(=O)O)c1ncc(F)cn1. The number of halogens is 1. The van der Waals surface area contributed by atoms with E-state index < -0.39 is 30.8 Å². The second kappa shape index (κ2) is 5.01. The maximum absolute atomic E-state index is 12.5. The number of aliphatic carboxylic acids is 2. The molecule has 0 aliphatic carbocycles. The number of carbonyl (C=O) groups is 2. The van der Waals surface area contributed by atoms with Crippen LogP contribution in [0.1, 0.15) is 0 Å². The molecule has 16 heavy (non-hydrogen) atoms. The molecule has 0 spiro atoms. The van der Waals surface area contributed by atoms with Crippen LogP contribution in [-0.2, 0) is 9.59 Å². The Bertz CT molecular complexity index is 379. The van der Waals surface area contributed by atoms with E-state index in [1.807, 2.05) is 0 Å². The molecule has 0 radical (unpaired) electrons. The highest BCUT2D eigenvalue weighted by molar-refractivity contribution is 5.78. The summed E-state index contributed by atoms with van der Waals surface area (Å²) in [5.41, 5.74) is 0. The van der Waals surface area contributed by atoms with E-state index in [0.717, 1.165) is 17.3 Å². The van der Waals surface area contributed by atoms with Crippen LogP contribution >= 0.6 is 0 Å². The van der Waals surface area contributed by atoms with Crippen LogP contribution in [0.5, 0.6) is 0 Å². The minimum atomic E-state index is -1.23. The van der Waals surface area contributed by atoms with Gasteiger partial charge in [0.05, 0.1) is 12.4 Å². The van der Waals surface area contributed by atoms with E-state index in [-0.39, 0.29) is 5.95 Å². The molecule has 86 valence electrons. The molecule has 1 heterocycles. The van der Waals surface area contributed by atoms with Crippen molar-refractivity contribution < 1.29 is 24.2 Å². The zero-order valence-corrected chi connectivity index (χ0v) is 8.00. The van der Waals surface area contributed by atoms with Crippen molar-refractivity contribution in [3.63, 3.8) is 0 Å². The van der Waals surface area contributed by atoms with Gasteiger partial charge in [0.2, 0.25) is 5.95 Å². The monoisotopic (exact) mass is 229 g/mol. The number of carboxylic acid groups (broad SMARTS) is 2. The van der Waals surface area contributed by atoms with Gasteiger partial charge in [0.1, 0.15) is 13.1 Å². The average molecular weight is 229 g/mol. The molecule has 8 heteroatoms. The Labute approximate surface area is 89.2 Å². The zero-order valence-electron chi connectivity index (χ0n) is 8.00. The van der Waals surface area contributed by atoms with E-state index in [4.69, 9.17) is 10.2 Å². The molecule has 0 unspecified atom stereocenters. The molecule has 0 saturated heterocycles. The molecular weight excluding hydrogens is 221 g/mol. The molecule has 1 rings (SSSR count). The van der Waals surface area contributed by atoms with Crippen LogP contribution < -0.4 is 4.90 Å². The van der Waals surface area contributed by atoms with Crippen molar-refractivity contribution >= 4 is 17.9 Å². The number of anilines is 1. The molecule has 2 N–H and O–H groups in total. The molecule has 0 amide bonds. The molecule has 0 aliphatic heterocycles. The first kappa shape index (κ1) is 11.8. The first-order valence-corrected chi connectivity index (χ1v) is 4.15. The van der Waals surface area contributed by atoms with Gasteiger partial charge in [0.25, 0.3) is 0 Å². The van der Waals surface area contributed by atoms with Gasteiger partial charge in [-0.1, -0.05) is 0 Å². The van der Waals surface area contributed by atoms with E-state index >= 15 is 0 Å². The number of hydrogen-bond acceptors (Lipinski definition) is 5. The van der Waals surface area contributed by atoms with Gasteiger partial charge in [-0.3, -0.25) is 9.59 Å². The van der Waals surface area contributed by atoms with Crippen LogP contribution in [0, 0.1) is 5.82 Å². The van der Waals surface area contributed by atoms with Crippen LogP contribution in [-0.4, -0.2) is 45.2 Å². The first-order chi connectivity index (χ1) is 7.49. The Morgan fingerprint density at radius 3 is 2.00 bits per heavy atom. The summed E-state index contributed by atoms with van der Waals surface area (Å²) in [6.07, 6.45) is 1.66. The smallest absolute Gasteiger partial charge is 0.323 e. The standard InChI is InChI=1S/C8H8FN3O4/c9-5-1-10-8(11-2-5)12(3-6(13)14)4-7(15)16/h1-2H,3-4H2,(H,13,14)(H,15,16). The van der Waals surface area contributed by atoms with Crippen molar-refractivity contribution in [1.29, 1.82) is 0 Å². The van der Waals surface area contributed by atoms with Crippen molar-refractivity contribution in [1.82, 2.24) is 9.97 Å². The molecule has 0 atom stereocenters. The van der Waals surface area contributed by atoms with Crippen molar-refractivity contribution in [2.75, 3.05) is 18.0 Å². The van der Waals surface area contributed by atoms with Crippen molar-refractivity contribution in [3.8, 4) is 0 Å². The van der Waals surface area contributed by atoms with E-state index in [1.165, 1.54) is 0 Å². The predicted molar refractivity (Wildman–Crippen MR) is 49.5 cm³/mol. The Hall–Kier alpha value is -2.25.